The van der Waals surface area contributed by atoms with Crippen LogP contribution in [0.1, 0.15) is 12.5 Å². The Kier molecular flexibility index (Phi) is 7.32. The van der Waals surface area contributed by atoms with Crippen molar-refractivity contribution >= 4 is 6.09 Å². The predicted molar refractivity (Wildman–Crippen MR) is 87.1 cm³/mol. The summed E-state index contributed by atoms with van der Waals surface area (Å²) in [7, 11) is 0. The normalized spacial score (nSPS) is 17.0. The van der Waals surface area contributed by atoms with Crippen molar-refractivity contribution in [2.75, 3.05) is 45.9 Å². The van der Waals surface area contributed by atoms with Crippen LogP contribution in [0.5, 0.6) is 0 Å². The summed E-state index contributed by atoms with van der Waals surface area (Å²) < 4.78 is 10.5. The van der Waals surface area contributed by atoms with Crippen LogP contribution < -0.4 is 0 Å². The molecule has 0 saturated carbocycles. The second-order valence-electron chi connectivity index (χ2n) is 5.64. The van der Waals surface area contributed by atoms with Crippen molar-refractivity contribution in [3.05, 3.63) is 35.9 Å². The number of carbonyl (C=O) groups is 1. The maximum absolute atomic E-state index is 11.6. The van der Waals surface area contributed by atoms with E-state index in [4.69, 9.17) is 9.47 Å². The van der Waals surface area contributed by atoms with E-state index in [2.05, 4.69) is 4.90 Å². The van der Waals surface area contributed by atoms with E-state index in [-0.39, 0.29) is 6.09 Å². The van der Waals surface area contributed by atoms with Crippen LogP contribution in [-0.4, -0.2) is 73.0 Å². The van der Waals surface area contributed by atoms with Crippen molar-refractivity contribution in [3.8, 4) is 0 Å². The molecule has 1 N–H and O–H groups in total. The lowest BCUT2D eigenvalue weighted by Gasteiger charge is -2.34. The highest BCUT2D eigenvalue weighted by Gasteiger charge is 2.23. The number of aliphatic hydroxyl groups excluding tert-OH is 1. The number of hydrogen-bond acceptors (Lipinski definition) is 5. The summed E-state index contributed by atoms with van der Waals surface area (Å²) in [4.78, 5) is 15.5. The van der Waals surface area contributed by atoms with Gasteiger partial charge in [0.2, 0.25) is 0 Å². The highest BCUT2D eigenvalue weighted by molar-refractivity contribution is 5.67. The Bertz CT molecular complexity index is 461. The number of piperazine rings is 1. The lowest BCUT2D eigenvalue weighted by atomic mass is 10.2. The van der Waals surface area contributed by atoms with Gasteiger partial charge in [-0.1, -0.05) is 30.3 Å². The van der Waals surface area contributed by atoms with Crippen LogP contribution in [0, 0.1) is 0 Å². The maximum Gasteiger partial charge on any atom is 0.409 e. The van der Waals surface area contributed by atoms with Crippen molar-refractivity contribution < 1.29 is 19.4 Å². The number of benzene rings is 1. The van der Waals surface area contributed by atoms with Gasteiger partial charge in [0, 0.05) is 32.7 Å². The monoisotopic (exact) mass is 322 g/mol. The van der Waals surface area contributed by atoms with Crippen molar-refractivity contribution in [3.63, 3.8) is 0 Å². The molecule has 0 aromatic heterocycles. The molecule has 1 aliphatic rings. The highest BCUT2D eigenvalue weighted by Crippen LogP contribution is 2.06. The molecular weight excluding hydrogens is 296 g/mol. The van der Waals surface area contributed by atoms with Gasteiger partial charge in [-0.3, -0.25) is 4.90 Å². The number of rotatable bonds is 7. The standard InChI is InChI=1S/C17H26N2O4/c1-2-23-17(21)19-10-8-18(9-11-19)12-16(20)14-22-13-15-6-4-3-5-7-15/h3-7,16,20H,2,8-14H2,1H3. The van der Waals surface area contributed by atoms with E-state index in [1.807, 2.05) is 30.3 Å². The zero-order valence-electron chi connectivity index (χ0n) is 13.7. The Morgan fingerprint density at radius 2 is 1.91 bits per heavy atom. The molecule has 6 heteroatoms. The van der Waals surface area contributed by atoms with E-state index in [1.165, 1.54) is 0 Å². The largest absolute Gasteiger partial charge is 0.450 e. The van der Waals surface area contributed by atoms with Crippen molar-refractivity contribution in [2.24, 2.45) is 0 Å². The molecule has 1 aliphatic heterocycles. The fourth-order valence-corrected chi connectivity index (χ4v) is 2.57. The number of hydrogen-bond donors (Lipinski definition) is 1. The summed E-state index contributed by atoms with van der Waals surface area (Å²) in [6, 6.07) is 9.91. The topological polar surface area (TPSA) is 62.2 Å². The van der Waals surface area contributed by atoms with Crippen LogP contribution in [-0.2, 0) is 16.1 Å². The molecule has 0 spiro atoms. The number of nitrogens with zero attached hydrogens (tertiary/aromatic N) is 2. The van der Waals surface area contributed by atoms with E-state index < -0.39 is 6.10 Å². The SMILES string of the molecule is CCOC(=O)N1CCN(CC(O)COCc2ccccc2)CC1. The van der Waals surface area contributed by atoms with Crippen LogP contribution in [0.4, 0.5) is 4.79 Å². The van der Waals surface area contributed by atoms with Crippen LogP contribution in [0.2, 0.25) is 0 Å². The van der Waals surface area contributed by atoms with Gasteiger partial charge in [-0.25, -0.2) is 4.79 Å². The molecule has 1 amide bonds. The van der Waals surface area contributed by atoms with Gasteiger partial charge in [0.05, 0.1) is 25.9 Å². The smallest absolute Gasteiger partial charge is 0.409 e. The fraction of sp³-hybridized carbons (Fsp3) is 0.588. The van der Waals surface area contributed by atoms with Crippen molar-refractivity contribution in [1.82, 2.24) is 9.80 Å². The van der Waals surface area contributed by atoms with Gasteiger partial charge in [0.15, 0.2) is 0 Å². The van der Waals surface area contributed by atoms with Gasteiger partial charge < -0.3 is 19.5 Å². The summed E-state index contributed by atoms with van der Waals surface area (Å²) in [6.45, 7) is 6.35. The molecule has 0 aliphatic carbocycles. The number of amides is 1. The second kappa shape index (κ2) is 9.50. The minimum absolute atomic E-state index is 0.251. The van der Waals surface area contributed by atoms with Crippen molar-refractivity contribution in [1.29, 1.82) is 0 Å². The van der Waals surface area contributed by atoms with Gasteiger partial charge >= 0.3 is 6.09 Å². The van der Waals surface area contributed by atoms with E-state index >= 15 is 0 Å². The molecule has 1 unspecified atom stereocenters. The summed E-state index contributed by atoms with van der Waals surface area (Å²) in [5.41, 5.74) is 1.10. The number of aliphatic hydroxyl groups is 1. The van der Waals surface area contributed by atoms with Gasteiger partial charge in [-0.05, 0) is 12.5 Å². The van der Waals surface area contributed by atoms with Crippen molar-refractivity contribution in [2.45, 2.75) is 19.6 Å². The quantitative estimate of drug-likeness (QED) is 0.821. The lowest BCUT2D eigenvalue weighted by Crippen LogP contribution is -2.50. The third kappa shape index (κ3) is 6.17. The fourth-order valence-electron chi connectivity index (χ4n) is 2.57. The molecule has 0 radical (unpaired) electrons. The van der Waals surface area contributed by atoms with E-state index in [9.17, 15) is 9.90 Å². The van der Waals surface area contributed by atoms with Crippen LogP contribution in [0.25, 0.3) is 0 Å². The third-order valence-electron chi connectivity index (χ3n) is 3.79. The summed E-state index contributed by atoms with van der Waals surface area (Å²) >= 11 is 0. The average molecular weight is 322 g/mol. The third-order valence-corrected chi connectivity index (χ3v) is 3.79. The van der Waals surface area contributed by atoms with Gasteiger partial charge in [-0.15, -0.1) is 0 Å². The summed E-state index contributed by atoms with van der Waals surface area (Å²) in [5, 5.41) is 10.1. The molecule has 2 rings (SSSR count). The van der Waals surface area contributed by atoms with Gasteiger partial charge in [-0.2, -0.15) is 0 Å². The number of ether oxygens (including phenoxy) is 2. The first kappa shape index (κ1) is 17.7. The first-order valence-electron chi connectivity index (χ1n) is 8.13. The Hall–Kier alpha value is -1.63. The van der Waals surface area contributed by atoms with Crippen LogP contribution >= 0.6 is 0 Å². The first-order chi connectivity index (χ1) is 11.2. The molecule has 1 saturated heterocycles. The Morgan fingerprint density at radius 3 is 2.57 bits per heavy atom. The average Bonchev–Trinajstić information content (AvgIpc) is 2.57. The van der Waals surface area contributed by atoms with E-state index in [1.54, 1.807) is 11.8 Å². The van der Waals surface area contributed by atoms with Gasteiger partial charge in [0.25, 0.3) is 0 Å². The van der Waals surface area contributed by atoms with Crippen LogP contribution in [0.3, 0.4) is 0 Å². The Morgan fingerprint density at radius 1 is 1.22 bits per heavy atom. The predicted octanol–water partition coefficient (Wildman–Crippen LogP) is 1.34. The molecule has 23 heavy (non-hydrogen) atoms. The molecule has 1 atom stereocenters. The zero-order valence-corrected chi connectivity index (χ0v) is 13.7. The molecule has 1 fully saturated rings. The van der Waals surface area contributed by atoms with Crippen LogP contribution in [0.15, 0.2) is 30.3 Å². The van der Waals surface area contributed by atoms with E-state index in [0.717, 1.165) is 18.7 Å². The number of carbonyl (C=O) groups excluding carboxylic acids is 1. The lowest BCUT2D eigenvalue weighted by molar-refractivity contribution is 0.00120. The minimum Gasteiger partial charge on any atom is -0.450 e. The molecule has 1 aromatic rings. The second-order valence-corrected chi connectivity index (χ2v) is 5.64. The molecule has 1 heterocycles. The molecular formula is C17H26N2O4. The molecule has 0 bridgehead atoms. The summed E-state index contributed by atoms with van der Waals surface area (Å²) in [6.07, 6.45) is -0.772. The molecule has 6 nitrogen and oxygen atoms in total. The zero-order chi connectivity index (χ0) is 16.5. The summed E-state index contributed by atoms with van der Waals surface area (Å²) in [5.74, 6) is 0. The first-order valence-corrected chi connectivity index (χ1v) is 8.13. The highest BCUT2D eigenvalue weighted by atomic mass is 16.6. The Labute approximate surface area is 137 Å². The maximum atomic E-state index is 11.6. The Balaban J connectivity index is 1.61. The minimum atomic E-state index is -0.521. The molecule has 1 aromatic carbocycles. The van der Waals surface area contributed by atoms with E-state index in [0.29, 0.717) is 39.5 Å². The number of β-amino-alcohol motifs (C(OH)–C–C–N with tert-alkyl or cyclic N) is 1. The molecule has 128 valence electrons. The van der Waals surface area contributed by atoms with Gasteiger partial charge in [0.1, 0.15) is 0 Å².